The highest BCUT2D eigenvalue weighted by molar-refractivity contribution is 5.85. The van der Waals surface area contributed by atoms with Crippen LogP contribution in [0, 0.1) is 0 Å². The number of halogens is 1. The van der Waals surface area contributed by atoms with Crippen LogP contribution >= 0.6 is 0 Å². The number of alkyl halides is 1. The van der Waals surface area contributed by atoms with Gasteiger partial charge >= 0.3 is 0 Å². The normalized spacial score (nSPS) is 34.9. The highest BCUT2D eigenvalue weighted by atomic mass is 19.1. The number of carbonyl (C=O) groups excluding carboxylic acids is 1. The minimum absolute atomic E-state index is 0.197. The summed E-state index contributed by atoms with van der Waals surface area (Å²) in [5, 5.41) is 2.80. The van der Waals surface area contributed by atoms with E-state index in [0.29, 0.717) is 13.0 Å². The number of rotatable bonds is 1. The molecule has 0 radical (unpaired) electrons. The molecular formula is C6H10FNO. The Morgan fingerprint density at radius 3 is 2.67 bits per heavy atom. The van der Waals surface area contributed by atoms with Gasteiger partial charge in [-0.15, -0.1) is 0 Å². The summed E-state index contributed by atoms with van der Waals surface area (Å²) in [4.78, 5) is 10.6. The van der Waals surface area contributed by atoms with Crippen LogP contribution in [0.4, 0.5) is 4.39 Å². The van der Waals surface area contributed by atoms with Crippen molar-refractivity contribution in [1.82, 2.24) is 5.32 Å². The SMILES string of the molecule is CC(=O)[C@]1(F)CCNC1. The highest BCUT2D eigenvalue weighted by Crippen LogP contribution is 2.19. The van der Waals surface area contributed by atoms with Crippen molar-refractivity contribution < 1.29 is 9.18 Å². The fraction of sp³-hybridized carbons (Fsp3) is 0.833. The van der Waals surface area contributed by atoms with Crippen LogP contribution in [0.1, 0.15) is 13.3 Å². The van der Waals surface area contributed by atoms with Gasteiger partial charge in [-0.2, -0.15) is 0 Å². The number of nitrogens with one attached hydrogen (secondary N) is 1. The number of hydrogen-bond acceptors (Lipinski definition) is 2. The fourth-order valence-corrected chi connectivity index (χ4v) is 0.962. The van der Waals surface area contributed by atoms with E-state index in [1.807, 2.05) is 0 Å². The summed E-state index contributed by atoms with van der Waals surface area (Å²) in [5.41, 5.74) is -1.56. The second-order valence-corrected chi connectivity index (χ2v) is 2.45. The molecule has 52 valence electrons. The number of Topliss-reactive ketones (excluding diaryl/α,β-unsaturated/α-hetero) is 1. The Balaban J connectivity index is 2.61. The van der Waals surface area contributed by atoms with Gasteiger partial charge in [-0.3, -0.25) is 4.79 Å². The van der Waals surface area contributed by atoms with Crippen molar-refractivity contribution in [3.05, 3.63) is 0 Å². The Kier molecular flexibility index (Phi) is 1.53. The molecule has 1 heterocycles. The van der Waals surface area contributed by atoms with Crippen LogP contribution in [0.25, 0.3) is 0 Å². The molecule has 1 aliphatic rings. The number of ketones is 1. The molecule has 0 amide bonds. The van der Waals surface area contributed by atoms with E-state index in [4.69, 9.17) is 0 Å². The molecule has 0 spiro atoms. The van der Waals surface area contributed by atoms with Crippen molar-refractivity contribution >= 4 is 5.78 Å². The van der Waals surface area contributed by atoms with E-state index in [1.165, 1.54) is 6.92 Å². The molecule has 0 unspecified atom stereocenters. The molecule has 1 fully saturated rings. The third kappa shape index (κ3) is 1.10. The molecule has 1 N–H and O–H groups in total. The molecule has 0 saturated carbocycles. The molecule has 0 aliphatic carbocycles. The van der Waals surface area contributed by atoms with Crippen molar-refractivity contribution in [1.29, 1.82) is 0 Å². The molecule has 1 saturated heterocycles. The van der Waals surface area contributed by atoms with E-state index >= 15 is 0 Å². The van der Waals surface area contributed by atoms with Crippen molar-refractivity contribution in [2.75, 3.05) is 13.1 Å². The predicted molar refractivity (Wildman–Crippen MR) is 32.0 cm³/mol. The lowest BCUT2D eigenvalue weighted by molar-refractivity contribution is -0.127. The Bertz CT molecular complexity index is 129. The van der Waals surface area contributed by atoms with Crippen LogP contribution in [0.3, 0.4) is 0 Å². The van der Waals surface area contributed by atoms with Gasteiger partial charge in [-0.1, -0.05) is 0 Å². The Hall–Kier alpha value is -0.440. The summed E-state index contributed by atoms with van der Waals surface area (Å²) >= 11 is 0. The van der Waals surface area contributed by atoms with Crippen molar-refractivity contribution in [3.8, 4) is 0 Å². The van der Waals surface area contributed by atoms with Gasteiger partial charge in [0.15, 0.2) is 11.5 Å². The van der Waals surface area contributed by atoms with E-state index < -0.39 is 5.67 Å². The van der Waals surface area contributed by atoms with Crippen LogP contribution in [0.2, 0.25) is 0 Å². The summed E-state index contributed by atoms with van der Waals surface area (Å²) in [6.45, 7) is 2.12. The number of hydrogen-bond donors (Lipinski definition) is 1. The van der Waals surface area contributed by atoms with E-state index in [9.17, 15) is 9.18 Å². The predicted octanol–water partition coefficient (Wildman–Crippen LogP) is 0.277. The van der Waals surface area contributed by atoms with E-state index in [2.05, 4.69) is 5.32 Å². The zero-order chi connectivity index (χ0) is 6.91. The molecule has 1 rings (SSSR count). The topological polar surface area (TPSA) is 29.1 Å². The molecule has 0 bridgehead atoms. The first-order valence-electron chi connectivity index (χ1n) is 3.06. The van der Waals surface area contributed by atoms with Gasteiger partial charge in [0, 0.05) is 13.0 Å². The van der Waals surface area contributed by atoms with Crippen molar-refractivity contribution in [2.45, 2.75) is 19.0 Å². The fourth-order valence-electron chi connectivity index (χ4n) is 0.962. The second kappa shape index (κ2) is 2.06. The van der Waals surface area contributed by atoms with Crippen LogP contribution in [0.5, 0.6) is 0 Å². The lowest BCUT2D eigenvalue weighted by Crippen LogP contribution is -2.33. The van der Waals surface area contributed by atoms with E-state index in [1.54, 1.807) is 0 Å². The summed E-state index contributed by atoms with van der Waals surface area (Å²) in [6, 6.07) is 0. The van der Waals surface area contributed by atoms with Crippen molar-refractivity contribution in [2.24, 2.45) is 0 Å². The largest absolute Gasteiger partial charge is 0.313 e. The molecule has 0 aromatic heterocycles. The molecule has 2 nitrogen and oxygen atoms in total. The lowest BCUT2D eigenvalue weighted by atomic mass is 10.0. The summed E-state index contributed by atoms with van der Waals surface area (Å²) in [6.07, 6.45) is 0.336. The minimum atomic E-state index is -1.56. The van der Waals surface area contributed by atoms with Gasteiger partial charge in [-0.25, -0.2) is 4.39 Å². The monoisotopic (exact) mass is 131 g/mol. The van der Waals surface area contributed by atoms with Gasteiger partial charge in [0.25, 0.3) is 0 Å². The Labute approximate surface area is 53.4 Å². The summed E-state index contributed by atoms with van der Waals surface area (Å²) in [7, 11) is 0. The minimum Gasteiger partial charge on any atom is -0.313 e. The van der Waals surface area contributed by atoms with E-state index in [0.717, 1.165) is 0 Å². The zero-order valence-corrected chi connectivity index (χ0v) is 5.41. The maximum atomic E-state index is 13.0. The molecule has 9 heavy (non-hydrogen) atoms. The summed E-state index contributed by atoms with van der Waals surface area (Å²) < 4.78 is 13.0. The quantitative estimate of drug-likeness (QED) is 0.553. The maximum Gasteiger partial charge on any atom is 0.181 e. The molecular weight excluding hydrogens is 121 g/mol. The third-order valence-electron chi connectivity index (χ3n) is 1.73. The molecule has 3 heteroatoms. The van der Waals surface area contributed by atoms with Gasteiger partial charge < -0.3 is 5.32 Å². The molecule has 0 aromatic rings. The molecule has 1 atom stereocenters. The molecule has 1 aliphatic heterocycles. The van der Waals surface area contributed by atoms with Gasteiger partial charge in [0.1, 0.15) is 0 Å². The zero-order valence-electron chi connectivity index (χ0n) is 5.41. The first kappa shape index (κ1) is 6.68. The lowest BCUT2D eigenvalue weighted by Gasteiger charge is -2.11. The molecule has 0 aromatic carbocycles. The third-order valence-corrected chi connectivity index (χ3v) is 1.73. The van der Waals surface area contributed by atoms with Crippen LogP contribution < -0.4 is 5.32 Å². The van der Waals surface area contributed by atoms with Gasteiger partial charge in [-0.05, 0) is 13.5 Å². The average Bonchev–Trinajstić information content (AvgIpc) is 2.16. The van der Waals surface area contributed by atoms with Crippen LogP contribution in [-0.2, 0) is 4.79 Å². The van der Waals surface area contributed by atoms with Crippen LogP contribution in [0.15, 0.2) is 0 Å². The van der Waals surface area contributed by atoms with Gasteiger partial charge in [0.05, 0.1) is 0 Å². The summed E-state index contributed by atoms with van der Waals surface area (Å²) in [5.74, 6) is -0.354. The smallest absolute Gasteiger partial charge is 0.181 e. The van der Waals surface area contributed by atoms with Crippen LogP contribution in [-0.4, -0.2) is 24.5 Å². The first-order valence-corrected chi connectivity index (χ1v) is 3.06. The Morgan fingerprint density at radius 1 is 1.78 bits per heavy atom. The van der Waals surface area contributed by atoms with Gasteiger partial charge in [0.2, 0.25) is 0 Å². The van der Waals surface area contributed by atoms with Crippen molar-refractivity contribution in [3.63, 3.8) is 0 Å². The highest BCUT2D eigenvalue weighted by Gasteiger charge is 2.38. The Morgan fingerprint density at radius 2 is 2.44 bits per heavy atom. The average molecular weight is 131 g/mol. The second-order valence-electron chi connectivity index (χ2n) is 2.45. The van der Waals surface area contributed by atoms with E-state index in [-0.39, 0.29) is 12.3 Å². The number of carbonyl (C=O) groups is 1. The first-order chi connectivity index (χ1) is 4.15. The standard InChI is InChI=1S/C6H10FNO/c1-5(9)6(7)2-3-8-4-6/h8H,2-4H2,1H3/t6-/m0/s1. The maximum absolute atomic E-state index is 13.0.